The van der Waals surface area contributed by atoms with Crippen LogP contribution in [0.4, 0.5) is 4.79 Å². The highest BCUT2D eigenvalue weighted by atomic mass is 32.2. The molecule has 3 rings (SSSR count). The first-order chi connectivity index (χ1) is 13.4. The van der Waals surface area contributed by atoms with Crippen molar-refractivity contribution in [2.24, 2.45) is 0 Å². The summed E-state index contributed by atoms with van der Waals surface area (Å²) in [6, 6.07) is 12.3. The molecule has 146 valence electrons. The summed E-state index contributed by atoms with van der Waals surface area (Å²) in [6.07, 6.45) is 2.63. The fourth-order valence-corrected chi connectivity index (χ4v) is 4.00. The maximum atomic E-state index is 12.5. The number of esters is 1. The second kappa shape index (κ2) is 8.48. The molecule has 0 bridgehead atoms. The Labute approximate surface area is 168 Å². The number of rotatable bonds is 6. The lowest BCUT2D eigenvalue weighted by molar-refractivity contribution is -0.143. The van der Waals surface area contributed by atoms with Crippen molar-refractivity contribution in [3.05, 3.63) is 63.8 Å². The molecule has 7 heteroatoms. The predicted octanol–water partition coefficient (Wildman–Crippen LogP) is 3.56. The number of hydrogen-bond acceptors (Lipinski definition) is 5. The van der Waals surface area contributed by atoms with Crippen molar-refractivity contribution in [2.75, 3.05) is 13.7 Å². The number of nitrogens with zero attached hydrogens (tertiary/aromatic N) is 2. The van der Waals surface area contributed by atoms with E-state index in [1.165, 1.54) is 12.7 Å². The summed E-state index contributed by atoms with van der Waals surface area (Å²) in [4.78, 5) is 37.2. The second-order valence-corrected chi connectivity index (χ2v) is 7.55. The van der Waals surface area contributed by atoms with Gasteiger partial charge in [0.15, 0.2) is 0 Å². The maximum Gasteiger partial charge on any atom is 0.325 e. The van der Waals surface area contributed by atoms with Crippen molar-refractivity contribution in [1.82, 2.24) is 9.47 Å². The van der Waals surface area contributed by atoms with E-state index in [2.05, 4.69) is 21.4 Å². The van der Waals surface area contributed by atoms with Gasteiger partial charge in [0.05, 0.1) is 12.0 Å². The van der Waals surface area contributed by atoms with Crippen LogP contribution < -0.4 is 0 Å². The zero-order valence-electron chi connectivity index (χ0n) is 16.1. The van der Waals surface area contributed by atoms with Gasteiger partial charge in [-0.15, -0.1) is 0 Å². The molecular weight excluding hydrogens is 376 g/mol. The highest BCUT2D eigenvalue weighted by Crippen LogP contribution is 2.33. The third-order valence-electron chi connectivity index (χ3n) is 4.75. The molecule has 0 N–H and O–H groups in total. The van der Waals surface area contributed by atoms with Gasteiger partial charge in [-0.1, -0.05) is 30.3 Å². The summed E-state index contributed by atoms with van der Waals surface area (Å²) in [5.41, 5.74) is 4.29. The average molecular weight is 398 g/mol. The van der Waals surface area contributed by atoms with Crippen LogP contribution in [-0.2, 0) is 27.3 Å². The minimum absolute atomic E-state index is 0.317. The van der Waals surface area contributed by atoms with E-state index in [0.717, 1.165) is 46.6 Å². The Morgan fingerprint density at radius 1 is 1.18 bits per heavy atom. The van der Waals surface area contributed by atoms with Gasteiger partial charge in [0.2, 0.25) is 0 Å². The first-order valence-electron chi connectivity index (χ1n) is 8.93. The minimum atomic E-state index is -0.623. The van der Waals surface area contributed by atoms with Gasteiger partial charge < -0.3 is 9.30 Å². The first-order valence-corrected chi connectivity index (χ1v) is 9.75. The van der Waals surface area contributed by atoms with Crippen molar-refractivity contribution in [3.63, 3.8) is 0 Å². The molecule has 1 saturated heterocycles. The fraction of sp³-hybridized carbons (Fsp3) is 0.286. The van der Waals surface area contributed by atoms with Crippen LogP contribution in [0, 0.1) is 13.8 Å². The fourth-order valence-electron chi connectivity index (χ4n) is 3.17. The maximum absolute atomic E-state index is 12.5. The van der Waals surface area contributed by atoms with Crippen molar-refractivity contribution in [1.29, 1.82) is 0 Å². The number of ether oxygens (including phenoxy) is 1. The van der Waals surface area contributed by atoms with Gasteiger partial charge in [-0.3, -0.25) is 19.3 Å². The zero-order valence-corrected chi connectivity index (χ0v) is 16.9. The molecule has 6 nitrogen and oxygen atoms in total. The van der Waals surface area contributed by atoms with Crippen LogP contribution in [-0.4, -0.2) is 40.2 Å². The minimum Gasteiger partial charge on any atom is -0.468 e. The quantitative estimate of drug-likeness (QED) is 0.550. The number of hydrogen-bond donors (Lipinski definition) is 0. The van der Waals surface area contributed by atoms with E-state index < -0.39 is 17.1 Å². The van der Waals surface area contributed by atoms with Crippen molar-refractivity contribution in [2.45, 2.75) is 26.8 Å². The topological polar surface area (TPSA) is 68.6 Å². The summed E-state index contributed by atoms with van der Waals surface area (Å²) in [5.74, 6) is -1.09. The highest BCUT2D eigenvalue weighted by Gasteiger charge is 2.36. The molecule has 0 atom stereocenters. The van der Waals surface area contributed by atoms with Crippen LogP contribution >= 0.6 is 11.8 Å². The first kappa shape index (κ1) is 19.9. The standard InChI is InChI=1S/C21H22N2O4S/c1-14-11-17(15(2)22(14)10-9-16-7-5-4-6-8-16)12-18-20(25)23(21(26)28-18)13-19(24)27-3/h4-8,11-12H,9-10,13H2,1-3H3/b18-12-. The number of carbonyl (C=O) groups is 3. The van der Waals surface area contributed by atoms with E-state index >= 15 is 0 Å². The third kappa shape index (κ3) is 4.20. The van der Waals surface area contributed by atoms with Gasteiger partial charge in [0, 0.05) is 17.9 Å². The molecular formula is C21H22N2O4S. The number of benzene rings is 1. The van der Waals surface area contributed by atoms with E-state index in [1.807, 2.05) is 38.1 Å². The number of imide groups is 1. The van der Waals surface area contributed by atoms with Crippen molar-refractivity contribution < 1.29 is 19.1 Å². The van der Waals surface area contributed by atoms with Gasteiger partial charge in [-0.05, 0) is 55.3 Å². The Morgan fingerprint density at radius 2 is 1.89 bits per heavy atom. The Kier molecular flexibility index (Phi) is 6.04. The Bertz CT molecular complexity index is 947. The van der Waals surface area contributed by atoms with Crippen LogP contribution in [0.2, 0.25) is 0 Å². The number of carbonyl (C=O) groups excluding carboxylic acids is 3. The van der Waals surface area contributed by atoms with E-state index in [1.54, 1.807) is 6.08 Å². The number of aromatic nitrogens is 1. The average Bonchev–Trinajstić information content (AvgIpc) is 3.10. The molecule has 0 unspecified atom stereocenters. The molecule has 0 spiro atoms. The number of aryl methyl sites for hydroxylation is 2. The van der Waals surface area contributed by atoms with Gasteiger partial charge in [-0.2, -0.15) is 0 Å². The van der Waals surface area contributed by atoms with Gasteiger partial charge >= 0.3 is 5.97 Å². The number of thioether (sulfide) groups is 1. The smallest absolute Gasteiger partial charge is 0.325 e. The lowest BCUT2D eigenvalue weighted by atomic mass is 10.1. The van der Waals surface area contributed by atoms with Crippen LogP contribution in [0.1, 0.15) is 22.5 Å². The molecule has 1 aliphatic rings. The Morgan fingerprint density at radius 3 is 2.57 bits per heavy atom. The predicted molar refractivity (Wildman–Crippen MR) is 109 cm³/mol. The van der Waals surface area contributed by atoms with E-state index in [0.29, 0.717) is 4.91 Å². The lowest BCUT2D eigenvalue weighted by Gasteiger charge is -2.10. The number of methoxy groups -OCH3 is 1. The molecule has 0 saturated carbocycles. The molecule has 1 aliphatic heterocycles. The second-order valence-electron chi connectivity index (χ2n) is 6.56. The molecule has 1 aromatic heterocycles. The Balaban J connectivity index is 1.78. The van der Waals surface area contributed by atoms with E-state index in [9.17, 15) is 14.4 Å². The normalized spacial score (nSPS) is 15.5. The summed E-state index contributed by atoms with van der Waals surface area (Å²) in [7, 11) is 1.22. The molecule has 1 aromatic carbocycles. The van der Waals surface area contributed by atoms with Crippen molar-refractivity contribution in [3.8, 4) is 0 Å². The number of amides is 2. The van der Waals surface area contributed by atoms with Crippen LogP contribution in [0.5, 0.6) is 0 Å². The summed E-state index contributed by atoms with van der Waals surface area (Å²) < 4.78 is 6.75. The van der Waals surface area contributed by atoms with E-state index in [4.69, 9.17) is 0 Å². The van der Waals surface area contributed by atoms with Crippen molar-refractivity contribution >= 4 is 35.0 Å². The summed E-state index contributed by atoms with van der Waals surface area (Å²) >= 11 is 0.845. The third-order valence-corrected chi connectivity index (χ3v) is 5.66. The molecule has 1 fully saturated rings. The SMILES string of the molecule is COC(=O)CN1C(=O)S/C(=C\c2cc(C)n(CCc3ccccc3)c2C)C1=O. The Hall–Kier alpha value is -2.80. The molecule has 2 heterocycles. The monoisotopic (exact) mass is 398 g/mol. The molecule has 2 aromatic rings. The highest BCUT2D eigenvalue weighted by molar-refractivity contribution is 8.18. The summed E-state index contributed by atoms with van der Waals surface area (Å²) in [6.45, 7) is 4.49. The molecule has 0 aliphatic carbocycles. The molecule has 28 heavy (non-hydrogen) atoms. The van der Waals surface area contributed by atoms with Crippen LogP contribution in [0.25, 0.3) is 6.08 Å². The molecule has 2 amide bonds. The zero-order chi connectivity index (χ0) is 20.3. The van der Waals surface area contributed by atoms with Gasteiger partial charge in [-0.25, -0.2) is 0 Å². The lowest BCUT2D eigenvalue weighted by Crippen LogP contribution is -2.34. The largest absolute Gasteiger partial charge is 0.468 e. The van der Waals surface area contributed by atoms with Gasteiger partial charge in [0.25, 0.3) is 11.1 Å². The van der Waals surface area contributed by atoms with Crippen LogP contribution in [0.3, 0.4) is 0 Å². The van der Waals surface area contributed by atoms with Gasteiger partial charge in [0.1, 0.15) is 6.54 Å². The van der Waals surface area contributed by atoms with E-state index in [-0.39, 0.29) is 6.54 Å². The summed E-state index contributed by atoms with van der Waals surface area (Å²) in [5, 5.41) is -0.459. The molecule has 0 radical (unpaired) electrons. The van der Waals surface area contributed by atoms with Crippen LogP contribution in [0.15, 0.2) is 41.3 Å².